The topological polar surface area (TPSA) is 9.23 Å². The Morgan fingerprint density at radius 1 is 1.00 bits per heavy atom. The lowest BCUT2D eigenvalue weighted by Crippen LogP contribution is -2.08. The van der Waals surface area contributed by atoms with Gasteiger partial charge in [-0.25, -0.2) is 0 Å². The lowest BCUT2D eigenvalue weighted by molar-refractivity contribution is -0.138. The van der Waals surface area contributed by atoms with Gasteiger partial charge in [0.05, 0.1) is 5.56 Å². The minimum atomic E-state index is -4.41. The molecule has 0 aromatic heterocycles. The molecule has 6 heteroatoms. The van der Waals surface area contributed by atoms with Gasteiger partial charge in [-0.2, -0.15) is 13.2 Å². The van der Waals surface area contributed by atoms with Gasteiger partial charge < -0.3 is 4.74 Å². The molecule has 0 N–H and O–H groups in total. The second-order valence-electron chi connectivity index (χ2n) is 4.01. The van der Waals surface area contributed by atoms with Gasteiger partial charge in [0.1, 0.15) is 11.5 Å². The zero-order valence-corrected chi connectivity index (χ0v) is 12.4. The van der Waals surface area contributed by atoms with Crippen LogP contribution in [0.5, 0.6) is 11.5 Å². The molecule has 0 aliphatic heterocycles. The van der Waals surface area contributed by atoms with Gasteiger partial charge in [-0.1, -0.05) is 33.6 Å². The lowest BCUT2D eigenvalue weighted by atomic mass is 10.1. The number of benzene rings is 2. The highest BCUT2D eigenvalue weighted by Crippen LogP contribution is 2.36. The van der Waals surface area contributed by atoms with Crippen molar-refractivity contribution >= 4 is 27.5 Å². The SMILES string of the molecule is FC(F)(F)c1cc(Oc2ccc(Cl)cc2)ccc1CBr. The fourth-order valence-electron chi connectivity index (χ4n) is 1.64. The van der Waals surface area contributed by atoms with Crippen LogP contribution >= 0.6 is 27.5 Å². The van der Waals surface area contributed by atoms with Crippen LogP contribution in [-0.4, -0.2) is 0 Å². The highest BCUT2D eigenvalue weighted by atomic mass is 79.9. The van der Waals surface area contributed by atoms with Gasteiger partial charge in [-0.3, -0.25) is 0 Å². The van der Waals surface area contributed by atoms with Gasteiger partial charge in [0.2, 0.25) is 0 Å². The molecule has 0 bridgehead atoms. The van der Waals surface area contributed by atoms with E-state index < -0.39 is 11.7 Å². The quantitative estimate of drug-likeness (QED) is 0.602. The van der Waals surface area contributed by atoms with Crippen molar-refractivity contribution in [1.82, 2.24) is 0 Å². The van der Waals surface area contributed by atoms with E-state index in [1.165, 1.54) is 12.1 Å². The van der Waals surface area contributed by atoms with Crippen LogP contribution in [0.1, 0.15) is 11.1 Å². The van der Waals surface area contributed by atoms with Crippen LogP contribution < -0.4 is 4.74 Å². The molecule has 106 valence electrons. The molecule has 2 aromatic rings. The standard InChI is InChI=1S/C14H9BrClF3O/c15-8-9-1-4-12(7-13(9)14(17,18)19)20-11-5-2-10(16)3-6-11/h1-7H,8H2. The minimum Gasteiger partial charge on any atom is -0.457 e. The molecular formula is C14H9BrClF3O. The summed E-state index contributed by atoms with van der Waals surface area (Å²) in [7, 11) is 0. The van der Waals surface area contributed by atoms with Crippen molar-refractivity contribution in [3.05, 3.63) is 58.6 Å². The second-order valence-corrected chi connectivity index (χ2v) is 5.00. The Labute approximate surface area is 127 Å². The summed E-state index contributed by atoms with van der Waals surface area (Å²) < 4.78 is 44.1. The maximum Gasteiger partial charge on any atom is 0.416 e. The van der Waals surface area contributed by atoms with E-state index in [0.29, 0.717) is 10.8 Å². The van der Waals surface area contributed by atoms with Crippen molar-refractivity contribution in [2.45, 2.75) is 11.5 Å². The van der Waals surface area contributed by atoms with Crippen molar-refractivity contribution in [2.24, 2.45) is 0 Å². The predicted octanol–water partition coefficient (Wildman–Crippen LogP) is 6.05. The third-order valence-corrected chi connectivity index (χ3v) is 3.44. The summed E-state index contributed by atoms with van der Waals surface area (Å²) in [6.07, 6.45) is -4.41. The first-order valence-electron chi connectivity index (χ1n) is 5.59. The van der Waals surface area contributed by atoms with Gasteiger partial charge >= 0.3 is 6.18 Å². The summed E-state index contributed by atoms with van der Waals surface area (Å²) in [6, 6.07) is 10.3. The molecule has 2 rings (SSSR count). The van der Waals surface area contributed by atoms with Crippen LogP contribution in [0.2, 0.25) is 5.02 Å². The predicted molar refractivity (Wildman–Crippen MR) is 75.6 cm³/mol. The Kier molecular flexibility index (Phi) is 4.60. The molecule has 0 fully saturated rings. The maximum absolute atomic E-state index is 12.9. The summed E-state index contributed by atoms with van der Waals surface area (Å²) >= 11 is 8.77. The molecule has 0 saturated heterocycles. The third kappa shape index (κ3) is 3.67. The number of rotatable bonds is 3. The fraction of sp³-hybridized carbons (Fsp3) is 0.143. The Hall–Kier alpha value is -1.20. The molecule has 0 heterocycles. The van der Waals surface area contributed by atoms with Gasteiger partial charge in [-0.05, 0) is 42.0 Å². The summed E-state index contributed by atoms with van der Waals surface area (Å²) in [5.41, 5.74) is -0.540. The smallest absolute Gasteiger partial charge is 0.416 e. The van der Waals surface area contributed by atoms with E-state index in [1.807, 2.05) is 0 Å². The highest BCUT2D eigenvalue weighted by Gasteiger charge is 2.33. The fourth-order valence-corrected chi connectivity index (χ4v) is 2.25. The first-order valence-corrected chi connectivity index (χ1v) is 7.09. The number of alkyl halides is 4. The minimum absolute atomic E-state index is 0.128. The molecule has 0 atom stereocenters. The van der Waals surface area contributed by atoms with Crippen molar-refractivity contribution in [1.29, 1.82) is 0 Å². The third-order valence-electron chi connectivity index (χ3n) is 2.58. The molecule has 2 aromatic carbocycles. The summed E-state index contributed by atoms with van der Waals surface area (Å²) in [6.45, 7) is 0. The monoisotopic (exact) mass is 364 g/mol. The van der Waals surface area contributed by atoms with E-state index in [4.69, 9.17) is 16.3 Å². The van der Waals surface area contributed by atoms with E-state index in [-0.39, 0.29) is 16.6 Å². The Bertz CT molecular complexity index is 596. The molecule has 1 nitrogen and oxygen atoms in total. The average molecular weight is 366 g/mol. The van der Waals surface area contributed by atoms with Crippen LogP contribution in [0.3, 0.4) is 0 Å². The summed E-state index contributed by atoms with van der Waals surface area (Å²) in [4.78, 5) is 0. The Balaban J connectivity index is 2.31. The molecule has 0 radical (unpaired) electrons. The Morgan fingerprint density at radius 2 is 1.60 bits per heavy atom. The largest absolute Gasteiger partial charge is 0.457 e. The van der Waals surface area contributed by atoms with Crippen LogP contribution in [0.15, 0.2) is 42.5 Å². The highest BCUT2D eigenvalue weighted by molar-refractivity contribution is 9.08. The maximum atomic E-state index is 12.9. The molecular weight excluding hydrogens is 357 g/mol. The van der Waals surface area contributed by atoms with E-state index in [1.54, 1.807) is 24.3 Å². The van der Waals surface area contributed by atoms with Gasteiger partial charge in [0.25, 0.3) is 0 Å². The normalized spacial score (nSPS) is 11.4. The summed E-state index contributed by atoms with van der Waals surface area (Å²) in [5.74, 6) is 0.554. The molecule has 0 amide bonds. The molecule has 0 saturated carbocycles. The van der Waals surface area contributed by atoms with E-state index in [9.17, 15) is 13.2 Å². The van der Waals surface area contributed by atoms with Gasteiger partial charge in [0.15, 0.2) is 0 Å². The van der Waals surface area contributed by atoms with E-state index in [2.05, 4.69) is 15.9 Å². The average Bonchev–Trinajstić information content (AvgIpc) is 2.40. The van der Waals surface area contributed by atoms with Crippen molar-refractivity contribution < 1.29 is 17.9 Å². The molecule has 0 aliphatic rings. The first kappa shape index (κ1) is 15.2. The van der Waals surface area contributed by atoms with Crippen LogP contribution in [-0.2, 0) is 11.5 Å². The zero-order chi connectivity index (χ0) is 14.8. The van der Waals surface area contributed by atoms with Gasteiger partial charge in [-0.15, -0.1) is 0 Å². The molecule has 0 unspecified atom stereocenters. The van der Waals surface area contributed by atoms with Crippen molar-refractivity contribution in [3.8, 4) is 11.5 Å². The first-order chi connectivity index (χ1) is 9.40. The lowest BCUT2D eigenvalue weighted by Gasteiger charge is -2.13. The second kappa shape index (κ2) is 6.06. The van der Waals surface area contributed by atoms with Crippen molar-refractivity contribution in [3.63, 3.8) is 0 Å². The number of hydrogen-bond acceptors (Lipinski definition) is 1. The molecule has 0 aliphatic carbocycles. The van der Waals surface area contributed by atoms with Crippen LogP contribution in [0.4, 0.5) is 13.2 Å². The zero-order valence-electron chi connectivity index (χ0n) is 10.0. The van der Waals surface area contributed by atoms with E-state index >= 15 is 0 Å². The number of hydrogen-bond donors (Lipinski definition) is 0. The van der Waals surface area contributed by atoms with Crippen LogP contribution in [0, 0.1) is 0 Å². The number of halogens is 5. The number of ether oxygens (including phenoxy) is 1. The molecule has 20 heavy (non-hydrogen) atoms. The van der Waals surface area contributed by atoms with Crippen LogP contribution in [0.25, 0.3) is 0 Å². The van der Waals surface area contributed by atoms with Crippen molar-refractivity contribution in [2.75, 3.05) is 0 Å². The Morgan fingerprint density at radius 3 is 2.15 bits per heavy atom. The van der Waals surface area contributed by atoms with E-state index in [0.717, 1.165) is 6.07 Å². The van der Waals surface area contributed by atoms with Gasteiger partial charge in [0, 0.05) is 10.4 Å². The molecule has 0 spiro atoms. The summed E-state index contributed by atoms with van der Waals surface area (Å²) in [5, 5.41) is 0.659.